The smallest absolute Gasteiger partial charge is 0.243 e. The molecule has 3 unspecified atom stereocenters. The van der Waals surface area contributed by atoms with Crippen LogP contribution in [0.25, 0.3) is 0 Å². The van der Waals surface area contributed by atoms with Crippen molar-refractivity contribution < 1.29 is 13.2 Å². The number of hydrogen-bond donors (Lipinski definition) is 1. The van der Waals surface area contributed by atoms with Crippen LogP contribution in [0.2, 0.25) is 10.0 Å². The van der Waals surface area contributed by atoms with Crippen LogP contribution in [0.15, 0.2) is 53.4 Å². The number of allylic oxidation sites excluding steroid dienone is 2. The van der Waals surface area contributed by atoms with Crippen LogP contribution in [0.5, 0.6) is 0 Å². The molecule has 0 bridgehead atoms. The van der Waals surface area contributed by atoms with E-state index in [0.717, 1.165) is 23.2 Å². The standard InChI is InChI=1S/C22H22Cl2N2O3S/c23-18-5-2-6-19(24)21(18)22-16-4-1-3-15(16)17-13-14(7-8-20(17)25-22)30(27,28)26-9-11-29-12-10-26/h1-3,5-8,13,15-16,22,25H,4,9-12H2. The Morgan fingerprint density at radius 1 is 1.07 bits per heavy atom. The Labute approximate surface area is 186 Å². The maximum absolute atomic E-state index is 13.1. The van der Waals surface area contributed by atoms with Crippen LogP contribution in [0, 0.1) is 5.92 Å². The van der Waals surface area contributed by atoms with Gasteiger partial charge in [-0.25, -0.2) is 8.42 Å². The van der Waals surface area contributed by atoms with Crippen LogP contribution in [-0.4, -0.2) is 39.0 Å². The molecule has 0 amide bonds. The minimum Gasteiger partial charge on any atom is -0.379 e. The van der Waals surface area contributed by atoms with Gasteiger partial charge in [0.2, 0.25) is 10.0 Å². The van der Waals surface area contributed by atoms with Gasteiger partial charge in [0, 0.05) is 40.3 Å². The third kappa shape index (κ3) is 3.35. The molecule has 2 aromatic rings. The highest BCUT2D eigenvalue weighted by Gasteiger charge is 2.40. The summed E-state index contributed by atoms with van der Waals surface area (Å²) in [6, 6.07) is 10.9. The largest absolute Gasteiger partial charge is 0.379 e. The molecule has 2 heterocycles. The third-order valence-electron chi connectivity index (χ3n) is 6.25. The first-order valence-electron chi connectivity index (χ1n) is 10.1. The second-order valence-electron chi connectivity index (χ2n) is 7.88. The minimum absolute atomic E-state index is 0.0413. The molecular formula is C22H22Cl2N2O3S. The number of morpholine rings is 1. The summed E-state index contributed by atoms with van der Waals surface area (Å²) < 4.78 is 33.1. The van der Waals surface area contributed by atoms with Gasteiger partial charge in [0.25, 0.3) is 0 Å². The molecule has 2 aliphatic heterocycles. The number of sulfonamides is 1. The van der Waals surface area contributed by atoms with E-state index in [1.807, 2.05) is 30.3 Å². The summed E-state index contributed by atoms with van der Waals surface area (Å²) >= 11 is 13.0. The number of benzene rings is 2. The molecule has 0 aromatic heterocycles. The zero-order chi connectivity index (χ0) is 20.9. The molecule has 1 fully saturated rings. The Balaban J connectivity index is 1.54. The predicted molar refractivity (Wildman–Crippen MR) is 119 cm³/mol. The van der Waals surface area contributed by atoms with Gasteiger partial charge in [-0.3, -0.25) is 0 Å². The van der Waals surface area contributed by atoms with Crippen molar-refractivity contribution in [2.75, 3.05) is 31.6 Å². The summed E-state index contributed by atoms with van der Waals surface area (Å²) in [5.74, 6) is 0.328. The molecule has 2 aromatic carbocycles. The number of anilines is 1. The first-order chi connectivity index (χ1) is 14.5. The third-order valence-corrected chi connectivity index (χ3v) is 8.81. The molecule has 1 aliphatic carbocycles. The van der Waals surface area contributed by atoms with Crippen LogP contribution >= 0.6 is 23.2 Å². The summed E-state index contributed by atoms with van der Waals surface area (Å²) in [6.07, 6.45) is 5.21. The molecule has 1 saturated heterocycles. The lowest BCUT2D eigenvalue weighted by molar-refractivity contribution is 0.0730. The average molecular weight is 465 g/mol. The van der Waals surface area contributed by atoms with Crippen LogP contribution in [0.1, 0.15) is 29.5 Å². The van der Waals surface area contributed by atoms with E-state index in [4.69, 9.17) is 27.9 Å². The molecule has 0 spiro atoms. The van der Waals surface area contributed by atoms with E-state index in [9.17, 15) is 8.42 Å². The number of nitrogens with zero attached hydrogens (tertiary/aromatic N) is 1. The first-order valence-corrected chi connectivity index (χ1v) is 12.3. The van der Waals surface area contributed by atoms with Crippen molar-refractivity contribution in [1.29, 1.82) is 0 Å². The first kappa shape index (κ1) is 20.3. The van der Waals surface area contributed by atoms with Crippen molar-refractivity contribution in [3.8, 4) is 0 Å². The zero-order valence-electron chi connectivity index (χ0n) is 16.2. The quantitative estimate of drug-likeness (QED) is 0.660. The van der Waals surface area contributed by atoms with E-state index in [-0.39, 0.29) is 17.9 Å². The summed E-state index contributed by atoms with van der Waals surface area (Å²) in [4.78, 5) is 0.332. The second-order valence-corrected chi connectivity index (χ2v) is 10.6. The molecule has 8 heteroatoms. The monoisotopic (exact) mass is 464 g/mol. The molecular weight excluding hydrogens is 443 g/mol. The molecule has 3 atom stereocenters. The Hall–Kier alpha value is -1.57. The van der Waals surface area contributed by atoms with E-state index >= 15 is 0 Å². The molecule has 5 rings (SSSR count). The lowest BCUT2D eigenvalue weighted by atomic mass is 9.77. The van der Waals surface area contributed by atoms with Gasteiger partial charge in [-0.05, 0) is 48.2 Å². The fourth-order valence-corrected chi connectivity index (χ4v) is 6.84. The lowest BCUT2D eigenvalue weighted by Crippen LogP contribution is -2.40. The Kier molecular flexibility index (Phi) is 5.32. The molecule has 158 valence electrons. The maximum Gasteiger partial charge on any atom is 0.243 e. The van der Waals surface area contributed by atoms with Gasteiger partial charge in [-0.2, -0.15) is 4.31 Å². The molecule has 30 heavy (non-hydrogen) atoms. The van der Waals surface area contributed by atoms with Gasteiger partial charge >= 0.3 is 0 Å². The highest BCUT2D eigenvalue weighted by Crippen LogP contribution is 2.52. The fourth-order valence-electron chi connectivity index (χ4n) is 4.76. The zero-order valence-corrected chi connectivity index (χ0v) is 18.6. The Morgan fingerprint density at radius 2 is 1.80 bits per heavy atom. The topological polar surface area (TPSA) is 58.6 Å². The highest BCUT2D eigenvalue weighted by atomic mass is 35.5. The van der Waals surface area contributed by atoms with Gasteiger partial charge in [0.15, 0.2) is 0 Å². The molecule has 0 saturated carbocycles. The lowest BCUT2D eigenvalue weighted by Gasteiger charge is -2.38. The molecule has 1 N–H and O–H groups in total. The van der Waals surface area contributed by atoms with Crippen LogP contribution in [-0.2, 0) is 14.8 Å². The van der Waals surface area contributed by atoms with Crippen molar-refractivity contribution in [1.82, 2.24) is 4.31 Å². The summed E-state index contributed by atoms with van der Waals surface area (Å²) in [6.45, 7) is 1.63. The number of fused-ring (bicyclic) bond motifs is 3. The van der Waals surface area contributed by atoms with E-state index in [2.05, 4.69) is 17.5 Å². The number of hydrogen-bond acceptors (Lipinski definition) is 4. The van der Waals surface area contributed by atoms with E-state index < -0.39 is 10.0 Å². The van der Waals surface area contributed by atoms with E-state index in [1.165, 1.54) is 4.31 Å². The van der Waals surface area contributed by atoms with Crippen molar-refractivity contribution in [2.24, 2.45) is 5.92 Å². The van der Waals surface area contributed by atoms with Crippen LogP contribution in [0.4, 0.5) is 5.69 Å². The van der Waals surface area contributed by atoms with E-state index in [1.54, 1.807) is 6.07 Å². The van der Waals surface area contributed by atoms with Gasteiger partial charge in [0.1, 0.15) is 0 Å². The normalized spacial score (nSPS) is 26.1. The summed E-state index contributed by atoms with van der Waals surface area (Å²) in [7, 11) is -3.54. The predicted octanol–water partition coefficient (Wildman–Crippen LogP) is 4.84. The van der Waals surface area contributed by atoms with E-state index in [0.29, 0.717) is 41.2 Å². The maximum atomic E-state index is 13.1. The number of rotatable bonds is 3. The van der Waals surface area contributed by atoms with Crippen molar-refractivity contribution in [2.45, 2.75) is 23.3 Å². The minimum atomic E-state index is -3.54. The average Bonchev–Trinajstić information content (AvgIpc) is 3.24. The van der Waals surface area contributed by atoms with Gasteiger partial charge in [-0.15, -0.1) is 0 Å². The second kappa shape index (κ2) is 7.84. The summed E-state index contributed by atoms with van der Waals surface area (Å²) in [5, 5.41) is 4.87. The van der Waals surface area contributed by atoms with Crippen LogP contribution in [0.3, 0.4) is 0 Å². The molecule has 0 radical (unpaired) electrons. The van der Waals surface area contributed by atoms with Gasteiger partial charge < -0.3 is 10.1 Å². The molecule has 5 nitrogen and oxygen atoms in total. The molecule has 3 aliphatic rings. The number of nitrogens with one attached hydrogen (secondary N) is 1. The highest BCUT2D eigenvalue weighted by molar-refractivity contribution is 7.89. The van der Waals surface area contributed by atoms with Gasteiger partial charge in [-0.1, -0.05) is 41.4 Å². The van der Waals surface area contributed by atoms with Crippen LogP contribution < -0.4 is 5.32 Å². The van der Waals surface area contributed by atoms with Crippen molar-refractivity contribution >= 4 is 38.9 Å². The fraction of sp³-hybridized carbons (Fsp3) is 0.364. The Morgan fingerprint density at radius 3 is 2.53 bits per heavy atom. The van der Waals surface area contributed by atoms with Crippen molar-refractivity contribution in [3.63, 3.8) is 0 Å². The summed E-state index contributed by atoms with van der Waals surface area (Å²) in [5.41, 5.74) is 2.82. The SMILES string of the molecule is O=S(=O)(c1ccc2c(c1)C1C=CCC1C(c1c(Cl)cccc1Cl)N2)N1CCOCC1. The number of ether oxygens (including phenoxy) is 1. The Bertz CT molecular complexity index is 1090. The van der Waals surface area contributed by atoms with Gasteiger partial charge in [0.05, 0.1) is 24.2 Å². The van der Waals surface area contributed by atoms with Crippen molar-refractivity contribution in [3.05, 3.63) is 69.7 Å². The number of halogens is 2.